The van der Waals surface area contributed by atoms with Crippen LogP contribution in [0.25, 0.3) is 15.3 Å². The molecule has 1 aliphatic heterocycles. The number of pyridine rings is 1. The molecule has 0 saturated carbocycles. The molecular formula is C26H22N6O2S3. The number of hydrogen-bond donors (Lipinski definition) is 2. The number of nitrogens with zero attached hydrogens (tertiary/aromatic N) is 4. The molecular weight excluding hydrogens is 525 g/mol. The molecule has 2 atom stereocenters. The first-order valence-electron chi connectivity index (χ1n) is 11.5. The molecule has 8 nitrogen and oxygen atoms in total. The number of benzene rings is 2. The second kappa shape index (κ2) is 9.25. The topological polar surface area (TPSA) is 92.2 Å². The summed E-state index contributed by atoms with van der Waals surface area (Å²) in [5.74, 6) is 0. The zero-order valence-electron chi connectivity index (χ0n) is 19.6. The van der Waals surface area contributed by atoms with Gasteiger partial charge in [0.1, 0.15) is 6.04 Å². The first-order chi connectivity index (χ1) is 17.9. The standard InChI is InChI=1S/C26H22N6O2S3/c1-37(33,34)30-17-11-13-18(14-12-17)32-24(23(29-25(32)35)20-8-4-5-15-27-20)21-9-6-16-31(21)26-28-19-7-2-3-10-22(19)36-26/h2-16,23-24,30H,1H3,(H,29,35)/t23-,24-/m0/s1. The van der Waals surface area contributed by atoms with Crippen LogP contribution in [0.3, 0.4) is 0 Å². The Balaban J connectivity index is 1.46. The van der Waals surface area contributed by atoms with Crippen molar-refractivity contribution in [3.05, 3.63) is 103 Å². The molecule has 37 heavy (non-hydrogen) atoms. The van der Waals surface area contributed by atoms with Gasteiger partial charge < -0.3 is 10.2 Å². The van der Waals surface area contributed by atoms with Crippen molar-refractivity contribution >= 4 is 60.3 Å². The Morgan fingerprint density at radius 1 is 1.00 bits per heavy atom. The third kappa shape index (κ3) is 4.57. The summed E-state index contributed by atoms with van der Waals surface area (Å²) in [4.78, 5) is 11.6. The van der Waals surface area contributed by atoms with E-state index in [2.05, 4.69) is 36.6 Å². The van der Waals surface area contributed by atoms with E-state index < -0.39 is 10.0 Å². The van der Waals surface area contributed by atoms with Gasteiger partial charge in [0, 0.05) is 23.8 Å². The number of fused-ring (bicyclic) bond motifs is 1. The summed E-state index contributed by atoms with van der Waals surface area (Å²) in [5, 5.41) is 4.89. The third-order valence-corrected chi connectivity index (χ3v) is 8.08. The molecule has 186 valence electrons. The smallest absolute Gasteiger partial charge is 0.229 e. The normalized spacial score (nSPS) is 17.8. The van der Waals surface area contributed by atoms with Gasteiger partial charge in [0.25, 0.3) is 0 Å². The fourth-order valence-corrected chi connectivity index (χ4v) is 6.49. The number of rotatable bonds is 6. The molecule has 0 spiro atoms. The molecule has 2 N–H and O–H groups in total. The molecule has 0 aliphatic carbocycles. The van der Waals surface area contributed by atoms with Crippen LogP contribution in [0.1, 0.15) is 23.5 Å². The zero-order chi connectivity index (χ0) is 25.6. The van der Waals surface area contributed by atoms with E-state index in [0.29, 0.717) is 10.8 Å². The van der Waals surface area contributed by atoms with Crippen molar-refractivity contribution in [1.82, 2.24) is 19.9 Å². The summed E-state index contributed by atoms with van der Waals surface area (Å²) in [7, 11) is -3.38. The number of aromatic nitrogens is 3. The first-order valence-corrected chi connectivity index (χ1v) is 14.6. The maximum Gasteiger partial charge on any atom is 0.229 e. The Labute approximate surface area is 223 Å². The minimum absolute atomic E-state index is 0.217. The molecule has 1 fully saturated rings. The van der Waals surface area contributed by atoms with Crippen molar-refractivity contribution in [3.63, 3.8) is 0 Å². The molecule has 1 aliphatic rings. The third-order valence-electron chi connectivity index (χ3n) is 6.12. The number of anilines is 2. The Hall–Kier alpha value is -3.80. The fraction of sp³-hybridized carbons (Fsp3) is 0.115. The quantitative estimate of drug-likeness (QED) is 0.289. The number of sulfonamides is 1. The van der Waals surface area contributed by atoms with Gasteiger partial charge in [-0.25, -0.2) is 13.4 Å². The van der Waals surface area contributed by atoms with Crippen molar-refractivity contribution in [2.45, 2.75) is 12.1 Å². The molecule has 5 aromatic rings. The van der Waals surface area contributed by atoms with Crippen LogP contribution in [0.15, 0.2) is 91.3 Å². The lowest BCUT2D eigenvalue weighted by molar-refractivity contribution is 0.549. The number of thiazole rings is 1. The molecule has 1 saturated heterocycles. The highest BCUT2D eigenvalue weighted by atomic mass is 32.2. The summed E-state index contributed by atoms with van der Waals surface area (Å²) in [6.07, 6.45) is 4.92. The summed E-state index contributed by atoms with van der Waals surface area (Å²) in [6.45, 7) is 0. The molecule has 11 heteroatoms. The van der Waals surface area contributed by atoms with E-state index in [0.717, 1.165) is 38.7 Å². The van der Waals surface area contributed by atoms with Crippen LogP contribution in [-0.4, -0.2) is 34.3 Å². The Kier molecular flexibility index (Phi) is 5.90. The monoisotopic (exact) mass is 546 g/mol. The minimum Gasteiger partial charge on any atom is -0.351 e. The Morgan fingerprint density at radius 3 is 2.51 bits per heavy atom. The van der Waals surface area contributed by atoms with Crippen LogP contribution >= 0.6 is 23.6 Å². The SMILES string of the molecule is CS(=O)(=O)Nc1ccc(N2C(=S)N[C@@H](c3ccccn3)[C@@H]2c2cccn2-c2nc3ccccc3s2)cc1. The number of thiocarbonyl (C=S) groups is 1. The van der Waals surface area contributed by atoms with Gasteiger partial charge in [-0.15, -0.1) is 0 Å². The van der Waals surface area contributed by atoms with Gasteiger partial charge in [0.05, 0.1) is 33.9 Å². The van der Waals surface area contributed by atoms with Crippen LogP contribution in [0, 0.1) is 0 Å². The van der Waals surface area contributed by atoms with Crippen LogP contribution in [0.5, 0.6) is 0 Å². The predicted octanol–water partition coefficient (Wildman–Crippen LogP) is 5.03. The van der Waals surface area contributed by atoms with Crippen molar-refractivity contribution in [1.29, 1.82) is 0 Å². The second-order valence-electron chi connectivity index (χ2n) is 8.68. The second-order valence-corrected chi connectivity index (χ2v) is 11.8. The van der Waals surface area contributed by atoms with E-state index in [1.807, 2.05) is 60.8 Å². The van der Waals surface area contributed by atoms with E-state index >= 15 is 0 Å². The fourth-order valence-electron chi connectivity index (χ4n) is 4.61. The van der Waals surface area contributed by atoms with Crippen molar-refractivity contribution < 1.29 is 8.42 Å². The molecule has 3 aromatic heterocycles. The molecule has 4 heterocycles. The van der Waals surface area contributed by atoms with Crippen molar-refractivity contribution in [3.8, 4) is 5.13 Å². The maximum absolute atomic E-state index is 11.7. The number of para-hydroxylation sites is 1. The average Bonchev–Trinajstić information content (AvgIpc) is 3.60. The van der Waals surface area contributed by atoms with E-state index in [-0.39, 0.29) is 12.1 Å². The van der Waals surface area contributed by atoms with Crippen LogP contribution in [0.2, 0.25) is 0 Å². The van der Waals surface area contributed by atoms with Crippen LogP contribution in [0.4, 0.5) is 11.4 Å². The van der Waals surface area contributed by atoms with Gasteiger partial charge in [0.15, 0.2) is 10.2 Å². The van der Waals surface area contributed by atoms with E-state index in [9.17, 15) is 8.42 Å². The van der Waals surface area contributed by atoms with E-state index in [4.69, 9.17) is 17.2 Å². The highest BCUT2D eigenvalue weighted by molar-refractivity contribution is 7.92. The number of hydrogen-bond acceptors (Lipinski definition) is 6. The molecule has 0 bridgehead atoms. The van der Waals surface area contributed by atoms with Crippen LogP contribution in [-0.2, 0) is 10.0 Å². The highest BCUT2D eigenvalue weighted by Crippen LogP contribution is 2.43. The summed E-state index contributed by atoms with van der Waals surface area (Å²) in [5.41, 5.74) is 4.14. The average molecular weight is 547 g/mol. The van der Waals surface area contributed by atoms with Crippen LogP contribution < -0.4 is 14.9 Å². The summed E-state index contributed by atoms with van der Waals surface area (Å²) in [6, 6.07) is 24.7. The lowest BCUT2D eigenvalue weighted by Crippen LogP contribution is -2.30. The van der Waals surface area contributed by atoms with Crippen molar-refractivity contribution in [2.75, 3.05) is 15.9 Å². The van der Waals surface area contributed by atoms with Gasteiger partial charge in [-0.2, -0.15) is 0 Å². The van der Waals surface area contributed by atoms with Crippen molar-refractivity contribution in [2.24, 2.45) is 0 Å². The summed E-state index contributed by atoms with van der Waals surface area (Å²) >= 11 is 7.47. The molecule has 2 aromatic carbocycles. The minimum atomic E-state index is -3.38. The van der Waals surface area contributed by atoms with Gasteiger partial charge in [0.2, 0.25) is 10.0 Å². The van der Waals surface area contributed by atoms with E-state index in [1.165, 1.54) is 0 Å². The maximum atomic E-state index is 11.7. The Bertz CT molecular complexity index is 1660. The Morgan fingerprint density at radius 2 is 1.78 bits per heavy atom. The van der Waals surface area contributed by atoms with Gasteiger partial charge in [-0.1, -0.05) is 29.5 Å². The molecule has 0 unspecified atom stereocenters. The lowest BCUT2D eigenvalue weighted by Gasteiger charge is -2.28. The largest absolute Gasteiger partial charge is 0.351 e. The molecule has 0 amide bonds. The highest BCUT2D eigenvalue weighted by Gasteiger charge is 2.42. The molecule has 6 rings (SSSR count). The number of nitrogens with one attached hydrogen (secondary N) is 2. The molecule has 0 radical (unpaired) electrons. The first kappa shape index (κ1) is 23.6. The lowest BCUT2D eigenvalue weighted by atomic mass is 10.0. The van der Waals surface area contributed by atoms with Gasteiger partial charge in [-0.05, 0) is 72.9 Å². The zero-order valence-corrected chi connectivity index (χ0v) is 22.1. The summed E-state index contributed by atoms with van der Waals surface area (Å²) < 4.78 is 29.1. The predicted molar refractivity (Wildman–Crippen MR) is 152 cm³/mol. The van der Waals surface area contributed by atoms with Gasteiger partial charge in [-0.3, -0.25) is 14.3 Å². The van der Waals surface area contributed by atoms with E-state index in [1.54, 1.807) is 29.7 Å². The van der Waals surface area contributed by atoms with Gasteiger partial charge >= 0.3 is 0 Å².